The number of carbonyl (C=O) groups excluding carboxylic acids is 1. The molecule has 3 heterocycles. The van der Waals surface area contributed by atoms with Gasteiger partial charge in [0.25, 0.3) is 0 Å². The summed E-state index contributed by atoms with van der Waals surface area (Å²) in [6.45, 7) is 1.13. The van der Waals surface area contributed by atoms with E-state index in [1.165, 1.54) is 12.1 Å². The monoisotopic (exact) mass is 298 g/mol. The Hall–Kier alpha value is -2.27. The number of benzene rings is 1. The van der Waals surface area contributed by atoms with Gasteiger partial charge in [0.05, 0.1) is 18.4 Å². The van der Waals surface area contributed by atoms with E-state index in [1.807, 2.05) is 18.4 Å². The van der Waals surface area contributed by atoms with Crippen molar-refractivity contribution in [1.82, 2.24) is 4.90 Å². The van der Waals surface area contributed by atoms with E-state index < -0.39 is 5.41 Å². The highest BCUT2D eigenvalue weighted by Crippen LogP contribution is 2.42. The maximum Gasteiger partial charge on any atom is 0.176 e. The summed E-state index contributed by atoms with van der Waals surface area (Å²) in [4.78, 5) is 19.0. The third kappa shape index (κ3) is 1.85. The zero-order valence-corrected chi connectivity index (χ0v) is 11.9. The molecule has 0 N–H and O–H groups in total. The molecule has 1 fully saturated rings. The lowest BCUT2D eigenvalue weighted by atomic mass is 9.71. The summed E-state index contributed by atoms with van der Waals surface area (Å²) in [7, 11) is 0. The van der Waals surface area contributed by atoms with Crippen molar-refractivity contribution in [2.75, 3.05) is 13.2 Å². The molecule has 0 radical (unpaired) electrons. The van der Waals surface area contributed by atoms with E-state index in [-0.39, 0.29) is 24.2 Å². The highest BCUT2D eigenvalue weighted by atomic mass is 19.1. The molecule has 0 saturated carbocycles. The molecule has 3 aliphatic rings. The molecular formula is C17H15FN2O2. The van der Waals surface area contributed by atoms with Crippen LogP contribution >= 0.6 is 0 Å². The summed E-state index contributed by atoms with van der Waals surface area (Å²) < 4.78 is 18.3. The minimum Gasteiger partial charge on any atom is -0.368 e. The van der Waals surface area contributed by atoms with Gasteiger partial charge >= 0.3 is 0 Å². The summed E-state index contributed by atoms with van der Waals surface area (Å²) in [5, 5.41) is 0. The lowest BCUT2D eigenvalue weighted by Gasteiger charge is -2.40. The molecule has 112 valence electrons. The first-order valence-corrected chi connectivity index (χ1v) is 7.24. The van der Waals surface area contributed by atoms with Gasteiger partial charge < -0.3 is 9.64 Å². The molecule has 1 aromatic carbocycles. The van der Waals surface area contributed by atoms with Crippen LogP contribution in [0.15, 0.2) is 53.8 Å². The highest BCUT2D eigenvalue weighted by Gasteiger charge is 2.54. The van der Waals surface area contributed by atoms with Gasteiger partial charge in [0, 0.05) is 12.7 Å². The van der Waals surface area contributed by atoms with Gasteiger partial charge in [-0.15, -0.1) is 0 Å². The van der Waals surface area contributed by atoms with E-state index >= 15 is 0 Å². The average Bonchev–Trinajstić information content (AvgIpc) is 2.90. The number of carbonyl (C=O) groups is 1. The fraction of sp³-hybridized carbons (Fsp3) is 0.294. The van der Waals surface area contributed by atoms with Crippen LogP contribution in [-0.2, 0) is 16.1 Å². The van der Waals surface area contributed by atoms with Crippen LogP contribution in [-0.4, -0.2) is 35.7 Å². The third-order valence-electron chi connectivity index (χ3n) is 4.54. The van der Waals surface area contributed by atoms with E-state index in [2.05, 4.69) is 9.89 Å². The van der Waals surface area contributed by atoms with Crippen LogP contribution in [0.1, 0.15) is 5.56 Å². The Morgan fingerprint density at radius 1 is 1.32 bits per heavy atom. The number of aliphatic imine (C=N–C) groups is 1. The second-order valence-corrected chi connectivity index (χ2v) is 5.76. The standard InChI is InChI=1S/C17H15FN2O2/c18-13-3-1-12(2-4-13)9-20-8-6-17-14(10-22-11-16(17)21)19-7-5-15(17)20/h1-8,15H,9-11H2. The molecule has 22 heavy (non-hydrogen) atoms. The average molecular weight is 298 g/mol. The first-order valence-electron chi connectivity index (χ1n) is 7.24. The topological polar surface area (TPSA) is 41.9 Å². The van der Waals surface area contributed by atoms with Crippen LogP contribution in [0.25, 0.3) is 0 Å². The third-order valence-corrected chi connectivity index (χ3v) is 4.54. The number of Topliss-reactive ketones (excluding diaryl/α,β-unsaturated/α-hetero) is 1. The predicted octanol–water partition coefficient (Wildman–Crippen LogP) is 2.08. The first kappa shape index (κ1) is 13.4. The fourth-order valence-corrected chi connectivity index (χ4v) is 3.40. The van der Waals surface area contributed by atoms with Gasteiger partial charge in [-0.3, -0.25) is 9.79 Å². The summed E-state index contributed by atoms with van der Waals surface area (Å²) in [5.41, 5.74) is 1.08. The van der Waals surface area contributed by atoms with Crippen LogP contribution in [0.5, 0.6) is 0 Å². The molecule has 1 spiro atoms. The predicted molar refractivity (Wildman–Crippen MR) is 79.7 cm³/mol. The molecule has 0 amide bonds. The van der Waals surface area contributed by atoms with Gasteiger partial charge in [-0.2, -0.15) is 0 Å². The maximum atomic E-state index is 13.0. The zero-order valence-electron chi connectivity index (χ0n) is 11.9. The van der Waals surface area contributed by atoms with E-state index in [4.69, 9.17) is 4.74 Å². The van der Waals surface area contributed by atoms with Crippen molar-refractivity contribution >= 4 is 11.5 Å². The number of hydrogen-bond acceptors (Lipinski definition) is 4. The molecule has 0 bridgehead atoms. The maximum absolute atomic E-state index is 13.0. The van der Waals surface area contributed by atoms with E-state index in [9.17, 15) is 9.18 Å². The quantitative estimate of drug-likeness (QED) is 0.839. The molecule has 0 aliphatic carbocycles. The Kier molecular flexibility index (Phi) is 2.97. The van der Waals surface area contributed by atoms with E-state index in [1.54, 1.807) is 18.3 Å². The van der Waals surface area contributed by atoms with Crippen LogP contribution in [0, 0.1) is 11.2 Å². The molecule has 2 unspecified atom stereocenters. The SMILES string of the molecule is O=C1COCC2=NC=CC3N(Cc4ccc(F)cc4)C=CC123. The zero-order chi connectivity index (χ0) is 15.2. The van der Waals surface area contributed by atoms with E-state index in [0.29, 0.717) is 13.2 Å². The molecule has 0 aromatic heterocycles. The van der Waals surface area contributed by atoms with Gasteiger partial charge in [0.1, 0.15) is 17.8 Å². The van der Waals surface area contributed by atoms with Crippen LogP contribution in [0.4, 0.5) is 4.39 Å². The number of halogens is 1. The Balaban J connectivity index is 1.64. The summed E-state index contributed by atoms with van der Waals surface area (Å²) in [6, 6.07) is 6.35. The number of nitrogens with zero attached hydrogens (tertiary/aromatic N) is 2. The van der Waals surface area contributed by atoms with Gasteiger partial charge in [-0.1, -0.05) is 12.1 Å². The number of ether oxygens (including phenoxy) is 1. The van der Waals surface area contributed by atoms with Crippen molar-refractivity contribution < 1.29 is 13.9 Å². The van der Waals surface area contributed by atoms with Gasteiger partial charge in [0.2, 0.25) is 0 Å². The van der Waals surface area contributed by atoms with Gasteiger partial charge in [0.15, 0.2) is 5.78 Å². The fourth-order valence-electron chi connectivity index (χ4n) is 3.40. The largest absolute Gasteiger partial charge is 0.368 e. The second-order valence-electron chi connectivity index (χ2n) is 5.76. The smallest absolute Gasteiger partial charge is 0.176 e. The van der Waals surface area contributed by atoms with Crippen LogP contribution in [0.2, 0.25) is 0 Å². The summed E-state index contributed by atoms with van der Waals surface area (Å²) >= 11 is 0. The number of rotatable bonds is 2. The van der Waals surface area contributed by atoms with E-state index in [0.717, 1.165) is 11.3 Å². The van der Waals surface area contributed by atoms with Crippen molar-refractivity contribution in [3.05, 3.63) is 60.2 Å². The van der Waals surface area contributed by atoms with Gasteiger partial charge in [-0.05, 0) is 36.0 Å². The molecule has 1 aromatic rings. The number of ketones is 1. The Morgan fingerprint density at radius 3 is 2.95 bits per heavy atom. The van der Waals surface area contributed by atoms with Crippen LogP contribution in [0.3, 0.4) is 0 Å². The molecule has 4 nitrogen and oxygen atoms in total. The lowest BCUT2D eigenvalue weighted by molar-refractivity contribution is -0.131. The molecule has 1 saturated heterocycles. The first-order chi connectivity index (χ1) is 10.7. The minimum absolute atomic E-state index is 0.0460. The van der Waals surface area contributed by atoms with Crippen molar-refractivity contribution in [2.24, 2.45) is 10.4 Å². The van der Waals surface area contributed by atoms with Gasteiger partial charge in [-0.25, -0.2) is 4.39 Å². The molecule has 4 rings (SSSR count). The van der Waals surface area contributed by atoms with Crippen molar-refractivity contribution in [3.63, 3.8) is 0 Å². The van der Waals surface area contributed by atoms with Crippen molar-refractivity contribution in [1.29, 1.82) is 0 Å². The molecule has 5 heteroatoms. The second kappa shape index (κ2) is 4.88. The summed E-state index contributed by atoms with van der Waals surface area (Å²) in [6.07, 6.45) is 7.58. The molecule has 2 atom stereocenters. The Labute approximate surface area is 127 Å². The van der Waals surface area contributed by atoms with Crippen molar-refractivity contribution in [3.8, 4) is 0 Å². The van der Waals surface area contributed by atoms with Crippen molar-refractivity contribution in [2.45, 2.75) is 12.6 Å². The Bertz CT molecular complexity index is 708. The normalized spacial score (nSPS) is 29.3. The minimum atomic E-state index is -0.687. The lowest BCUT2D eigenvalue weighted by Crippen LogP contribution is -2.55. The Morgan fingerprint density at radius 2 is 2.14 bits per heavy atom. The highest BCUT2D eigenvalue weighted by molar-refractivity contribution is 6.16. The number of hydrogen-bond donors (Lipinski definition) is 0. The summed E-state index contributed by atoms with van der Waals surface area (Å²) in [5.74, 6) is -0.200. The molecule has 3 aliphatic heterocycles. The molecular weight excluding hydrogens is 283 g/mol. The van der Waals surface area contributed by atoms with Crippen LogP contribution < -0.4 is 0 Å².